The predicted octanol–water partition coefficient (Wildman–Crippen LogP) is 5.42. The maximum atomic E-state index is 13.1. The number of amides is 1. The number of carbonyl (C=O) groups excluding carboxylic acids is 1. The number of hydrogen-bond acceptors (Lipinski definition) is 6. The largest absolute Gasteiger partial charge is 0.497 e. The quantitative estimate of drug-likeness (QED) is 0.349. The third kappa shape index (κ3) is 5.52. The van der Waals surface area contributed by atoms with Gasteiger partial charge in [-0.15, -0.1) is 11.3 Å². The molecular weight excluding hydrogens is 453 g/mol. The van der Waals surface area contributed by atoms with Gasteiger partial charge in [-0.3, -0.25) is 4.79 Å². The van der Waals surface area contributed by atoms with Gasteiger partial charge in [0, 0.05) is 17.5 Å². The van der Waals surface area contributed by atoms with Crippen molar-refractivity contribution in [2.75, 3.05) is 25.7 Å². The van der Waals surface area contributed by atoms with Gasteiger partial charge in [0.05, 0.1) is 25.6 Å². The summed E-state index contributed by atoms with van der Waals surface area (Å²) >= 11 is 1.44. The highest BCUT2D eigenvalue weighted by molar-refractivity contribution is 7.14. The number of methoxy groups -OCH3 is 2. The lowest BCUT2D eigenvalue weighted by molar-refractivity contribution is -0.119. The average molecular weight is 478 g/mol. The molecule has 4 aromatic rings. The van der Waals surface area contributed by atoms with E-state index in [9.17, 15) is 9.18 Å². The van der Waals surface area contributed by atoms with Crippen molar-refractivity contribution in [2.45, 2.75) is 6.54 Å². The lowest BCUT2D eigenvalue weighted by Crippen LogP contribution is -2.34. The van der Waals surface area contributed by atoms with Crippen molar-refractivity contribution in [1.82, 2.24) is 10.3 Å². The number of hydrogen-bond donors (Lipinski definition) is 1. The number of carbonyl (C=O) groups is 1. The molecule has 8 heteroatoms. The van der Waals surface area contributed by atoms with Gasteiger partial charge < -0.3 is 19.7 Å². The van der Waals surface area contributed by atoms with Gasteiger partial charge in [0.1, 0.15) is 23.9 Å². The van der Waals surface area contributed by atoms with Crippen LogP contribution in [-0.4, -0.2) is 31.7 Å². The molecule has 0 atom stereocenters. The van der Waals surface area contributed by atoms with Crippen molar-refractivity contribution in [3.63, 3.8) is 0 Å². The molecule has 4 rings (SSSR count). The zero-order valence-corrected chi connectivity index (χ0v) is 19.6. The molecular formula is C26H24FN3O3S. The number of thiazole rings is 1. The van der Waals surface area contributed by atoms with Gasteiger partial charge in [-0.05, 0) is 54.1 Å². The summed E-state index contributed by atoms with van der Waals surface area (Å²) in [4.78, 5) is 19.5. The maximum absolute atomic E-state index is 13.1. The Bertz CT molecular complexity index is 1240. The van der Waals surface area contributed by atoms with E-state index in [1.165, 1.54) is 23.5 Å². The van der Waals surface area contributed by atoms with Crippen molar-refractivity contribution < 1.29 is 18.7 Å². The molecule has 0 aliphatic carbocycles. The van der Waals surface area contributed by atoms with Crippen LogP contribution in [0.2, 0.25) is 0 Å². The number of nitrogens with zero attached hydrogens (tertiary/aromatic N) is 2. The van der Waals surface area contributed by atoms with Crippen molar-refractivity contribution >= 4 is 28.1 Å². The van der Waals surface area contributed by atoms with Crippen LogP contribution in [0.3, 0.4) is 0 Å². The average Bonchev–Trinajstić information content (AvgIpc) is 3.37. The number of nitrogens with one attached hydrogen (secondary N) is 1. The fourth-order valence-corrected chi connectivity index (χ4v) is 4.24. The SMILES string of the molecule is COc1ccc(-c2csc(N(CC(=O)NCc3ccc(F)cc3)c3ccccc3OC)n2)cc1. The fraction of sp³-hybridized carbons (Fsp3) is 0.154. The molecule has 1 amide bonds. The minimum atomic E-state index is -0.311. The Morgan fingerprint density at radius 2 is 1.74 bits per heavy atom. The second-order valence-corrected chi connectivity index (χ2v) is 8.24. The summed E-state index contributed by atoms with van der Waals surface area (Å²) in [7, 11) is 3.22. The van der Waals surface area contributed by atoms with Crippen molar-refractivity contribution in [2.24, 2.45) is 0 Å². The number of aromatic nitrogens is 1. The monoisotopic (exact) mass is 477 g/mol. The summed E-state index contributed by atoms with van der Waals surface area (Å²) in [6.07, 6.45) is 0. The Balaban J connectivity index is 1.57. The molecule has 34 heavy (non-hydrogen) atoms. The highest BCUT2D eigenvalue weighted by Gasteiger charge is 2.21. The first-order chi connectivity index (χ1) is 16.6. The van der Waals surface area contributed by atoms with Gasteiger partial charge in [-0.25, -0.2) is 9.37 Å². The van der Waals surface area contributed by atoms with Crippen LogP contribution < -0.4 is 19.7 Å². The predicted molar refractivity (Wildman–Crippen MR) is 132 cm³/mol. The summed E-state index contributed by atoms with van der Waals surface area (Å²) in [6.45, 7) is 0.338. The van der Waals surface area contributed by atoms with Crippen LogP contribution in [0.4, 0.5) is 15.2 Å². The third-order valence-electron chi connectivity index (χ3n) is 5.19. The van der Waals surface area contributed by atoms with Crippen LogP contribution in [0.1, 0.15) is 5.56 Å². The minimum Gasteiger partial charge on any atom is -0.497 e. The Labute approximate surface area is 201 Å². The van der Waals surface area contributed by atoms with Crippen molar-refractivity contribution in [1.29, 1.82) is 0 Å². The highest BCUT2D eigenvalue weighted by Crippen LogP contribution is 2.37. The summed E-state index contributed by atoms with van der Waals surface area (Å²) < 4.78 is 23.9. The van der Waals surface area contributed by atoms with Crippen molar-refractivity contribution in [3.8, 4) is 22.8 Å². The molecule has 0 spiro atoms. The standard InChI is InChI=1S/C26H24FN3O3S/c1-32-21-13-9-19(10-14-21)22-17-34-26(29-22)30(23-5-3-4-6-24(23)33-2)16-25(31)28-15-18-7-11-20(27)12-8-18/h3-14,17H,15-16H2,1-2H3,(H,28,31). The van der Waals surface area contributed by atoms with Gasteiger partial charge in [0.15, 0.2) is 5.13 Å². The van der Waals surface area contributed by atoms with E-state index in [-0.39, 0.29) is 18.3 Å². The number of ether oxygens (including phenoxy) is 2. The molecule has 6 nitrogen and oxygen atoms in total. The smallest absolute Gasteiger partial charge is 0.240 e. The van der Waals surface area contributed by atoms with Gasteiger partial charge in [0.25, 0.3) is 0 Å². The number of benzene rings is 3. The van der Waals surface area contributed by atoms with E-state index in [1.807, 2.05) is 58.8 Å². The summed E-state index contributed by atoms with van der Waals surface area (Å²) in [6, 6.07) is 21.2. The van der Waals surface area contributed by atoms with Gasteiger partial charge in [0.2, 0.25) is 5.91 Å². The Kier molecular flexibility index (Phi) is 7.39. The number of para-hydroxylation sites is 2. The summed E-state index contributed by atoms with van der Waals surface area (Å²) in [5.41, 5.74) is 3.30. The van der Waals surface area contributed by atoms with Crippen LogP contribution in [-0.2, 0) is 11.3 Å². The molecule has 0 saturated heterocycles. The fourth-order valence-electron chi connectivity index (χ4n) is 3.39. The van der Waals surface area contributed by atoms with E-state index in [1.54, 1.807) is 26.4 Å². The second-order valence-electron chi connectivity index (χ2n) is 7.41. The highest BCUT2D eigenvalue weighted by atomic mass is 32.1. The molecule has 174 valence electrons. The minimum absolute atomic E-state index is 0.0388. The molecule has 3 aromatic carbocycles. The van der Waals surface area contributed by atoms with E-state index in [0.717, 1.165) is 28.3 Å². The number of anilines is 2. The molecule has 0 fully saturated rings. The lowest BCUT2D eigenvalue weighted by atomic mass is 10.2. The molecule has 1 heterocycles. The van der Waals surface area contributed by atoms with Gasteiger partial charge in [-0.2, -0.15) is 0 Å². The maximum Gasteiger partial charge on any atom is 0.240 e. The zero-order valence-electron chi connectivity index (χ0n) is 18.8. The molecule has 0 unspecified atom stereocenters. The van der Waals surface area contributed by atoms with E-state index in [2.05, 4.69) is 5.32 Å². The van der Waals surface area contributed by atoms with Gasteiger partial charge in [-0.1, -0.05) is 24.3 Å². The van der Waals surface area contributed by atoms with Crippen LogP contribution >= 0.6 is 11.3 Å². The lowest BCUT2D eigenvalue weighted by Gasteiger charge is -2.23. The molecule has 0 saturated carbocycles. The van der Waals surface area contributed by atoms with Crippen LogP contribution in [0.5, 0.6) is 11.5 Å². The van der Waals surface area contributed by atoms with Gasteiger partial charge >= 0.3 is 0 Å². The first-order valence-electron chi connectivity index (χ1n) is 10.6. The third-order valence-corrected chi connectivity index (χ3v) is 6.05. The first kappa shape index (κ1) is 23.3. The summed E-state index contributed by atoms with van der Waals surface area (Å²) in [5.74, 6) is 0.896. The Hall–Kier alpha value is -3.91. The second kappa shape index (κ2) is 10.8. The Morgan fingerprint density at radius 1 is 1.00 bits per heavy atom. The van der Waals surface area contributed by atoms with E-state index in [4.69, 9.17) is 14.5 Å². The molecule has 0 radical (unpaired) electrons. The normalized spacial score (nSPS) is 10.6. The van der Waals surface area contributed by atoms with Crippen LogP contribution in [0, 0.1) is 5.82 Å². The van der Waals surface area contributed by atoms with Crippen molar-refractivity contribution in [3.05, 3.63) is 89.6 Å². The van der Waals surface area contributed by atoms with E-state index in [0.29, 0.717) is 17.4 Å². The number of halogens is 1. The Morgan fingerprint density at radius 3 is 2.44 bits per heavy atom. The zero-order chi connectivity index (χ0) is 23.9. The van der Waals surface area contributed by atoms with Crippen LogP contribution in [0.15, 0.2) is 78.2 Å². The van der Waals surface area contributed by atoms with Crippen LogP contribution in [0.25, 0.3) is 11.3 Å². The molecule has 1 N–H and O–H groups in total. The molecule has 0 aliphatic heterocycles. The topological polar surface area (TPSA) is 63.7 Å². The molecule has 1 aromatic heterocycles. The van der Waals surface area contributed by atoms with E-state index < -0.39 is 0 Å². The first-order valence-corrected chi connectivity index (χ1v) is 11.5. The summed E-state index contributed by atoms with van der Waals surface area (Å²) in [5, 5.41) is 5.51. The van der Waals surface area contributed by atoms with E-state index >= 15 is 0 Å². The molecule has 0 aliphatic rings. The number of rotatable bonds is 9. The molecule has 0 bridgehead atoms.